The Hall–Kier alpha value is -2.51. The van der Waals surface area contributed by atoms with Crippen LogP contribution in [0.1, 0.15) is 0 Å². The van der Waals surface area contributed by atoms with Crippen molar-refractivity contribution in [1.82, 2.24) is 0 Å². The summed E-state index contributed by atoms with van der Waals surface area (Å²) in [7, 11) is 0. The molecule has 0 saturated carbocycles. The molecule has 0 unspecified atom stereocenters. The topological polar surface area (TPSA) is 90.9 Å². The Bertz CT molecular complexity index is 1200. The molecule has 1 heterocycles. The Morgan fingerprint density at radius 1 is 0.885 bits per heavy atom. The largest absolute Gasteiger partial charge is 0.504 e. The molecule has 4 rings (SSSR count). The van der Waals surface area contributed by atoms with Crippen molar-refractivity contribution in [1.29, 1.82) is 0 Å². The summed E-state index contributed by atoms with van der Waals surface area (Å²) in [5.74, 6) is -0.875. The van der Waals surface area contributed by atoms with E-state index in [-0.39, 0.29) is 31.8 Å². The zero-order chi connectivity index (χ0) is 18.6. The Morgan fingerprint density at radius 3 is 2.27 bits per heavy atom. The van der Waals surface area contributed by atoms with Crippen LogP contribution in [0.25, 0.3) is 33.4 Å². The molecule has 0 saturated heterocycles. The van der Waals surface area contributed by atoms with E-state index >= 15 is 0 Å². The molecule has 1 aliphatic carbocycles. The van der Waals surface area contributed by atoms with Gasteiger partial charge in [0.15, 0.2) is 28.6 Å². The minimum Gasteiger partial charge on any atom is -0.504 e. The summed E-state index contributed by atoms with van der Waals surface area (Å²) in [6.07, 6.45) is 0. The second kappa shape index (κ2) is 6.03. The normalized spacial score (nSPS) is 11.3. The van der Waals surface area contributed by atoms with Crippen LogP contribution < -0.4 is 5.43 Å². The summed E-state index contributed by atoms with van der Waals surface area (Å²) in [5, 5.41) is 30.6. The lowest BCUT2D eigenvalue weighted by atomic mass is 9.93. The maximum atomic E-state index is 12.1. The van der Waals surface area contributed by atoms with Crippen molar-refractivity contribution in [2.45, 2.75) is 0 Å². The summed E-state index contributed by atoms with van der Waals surface area (Å²) in [5.41, 5.74) is 1.59. The molecule has 0 amide bonds. The molecule has 0 bridgehead atoms. The van der Waals surface area contributed by atoms with Crippen molar-refractivity contribution in [3.63, 3.8) is 0 Å². The van der Waals surface area contributed by atoms with E-state index in [4.69, 9.17) is 4.42 Å². The molecular weight excluding hydrogens is 468 g/mol. The van der Waals surface area contributed by atoms with Gasteiger partial charge in [-0.05, 0) is 49.6 Å². The van der Waals surface area contributed by atoms with Crippen LogP contribution in [0.4, 0.5) is 0 Å². The van der Waals surface area contributed by atoms with Crippen molar-refractivity contribution < 1.29 is 19.7 Å². The average molecular weight is 478 g/mol. The van der Waals surface area contributed by atoms with Gasteiger partial charge in [0, 0.05) is 16.5 Å². The number of phenolic OH excluding ortho intramolecular Hbond substituents is 3. The zero-order valence-corrected chi connectivity index (χ0v) is 16.1. The molecule has 3 N–H and O–H groups in total. The third-order valence-electron chi connectivity index (χ3n) is 4.14. The maximum absolute atomic E-state index is 12.1. The number of benzene rings is 3. The van der Waals surface area contributed by atoms with Crippen LogP contribution in [0, 0.1) is 0 Å². The van der Waals surface area contributed by atoms with E-state index in [9.17, 15) is 20.1 Å². The molecule has 26 heavy (non-hydrogen) atoms. The summed E-state index contributed by atoms with van der Waals surface area (Å²) in [6, 6.07) is 12.0. The molecule has 2 aromatic rings. The van der Waals surface area contributed by atoms with Crippen LogP contribution >= 0.6 is 31.9 Å². The van der Waals surface area contributed by atoms with Gasteiger partial charge in [0.25, 0.3) is 0 Å². The summed E-state index contributed by atoms with van der Waals surface area (Å²) < 4.78 is 6.11. The zero-order valence-electron chi connectivity index (χ0n) is 13.0. The van der Waals surface area contributed by atoms with Crippen LogP contribution in [0.5, 0.6) is 17.2 Å². The number of phenols is 3. The molecule has 0 fully saturated rings. The third-order valence-corrected chi connectivity index (χ3v) is 5.59. The number of rotatable bonds is 1. The van der Waals surface area contributed by atoms with Crippen LogP contribution in [-0.2, 0) is 0 Å². The highest BCUT2D eigenvalue weighted by atomic mass is 79.9. The first kappa shape index (κ1) is 16.9. The molecule has 2 aliphatic rings. The van der Waals surface area contributed by atoms with E-state index in [0.717, 1.165) is 5.56 Å². The van der Waals surface area contributed by atoms with Crippen molar-refractivity contribution in [3.05, 3.63) is 61.6 Å². The molecule has 0 radical (unpaired) electrons. The monoisotopic (exact) mass is 476 g/mol. The Balaban J connectivity index is 2.32. The van der Waals surface area contributed by atoms with Crippen LogP contribution in [0.15, 0.2) is 60.6 Å². The van der Waals surface area contributed by atoms with Crippen molar-refractivity contribution in [2.75, 3.05) is 0 Å². The van der Waals surface area contributed by atoms with E-state index in [1.165, 1.54) is 12.1 Å². The first-order chi connectivity index (χ1) is 12.4. The minimum atomic E-state index is -0.598. The lowest BCUT2D eigenvalue weighted by Gasteiger charge is -2.18. The first-order valence-corrected chi connectivity index (χ1v) is 9.06. The van der Waals surface area contributed by atoms with Crippen molar-refractivity contribution in [2.24, 2.45) is 0 Å². The van der Waals surface area contributed by atoms with Gasteiger partial charge in [-0.15, -0.1) is 0 Å². The van der Waals surface area contributed by atoms with E-state index in [0.29, 0.717) is 16.5 Å². The minimum absolute atomic E-state index is 0.0750. The molecule has 130 valence electrons. The fourth-order valence-electron chi connectivity index (χ4n) is 2.94. The van der Waals surface area contributed by atoms with Gasteiger partial charge < -0.3 is 19.7 Å². The number of hydrogen-bond acceptors (Lipinski definition) is 5. The molecule has 0 atom stereocenters. The molecule has 1 aliphatic heterocycles. The van der Waals surface area contributed by atoms with Crippen LogP contribution in [-0.4, -0.2) is 15.3 Å². The first-order valence-electron chi connectivity index (χ1n) is 7.48. The van der Waals surface area contributed by atoms with E-state index in [1.54, 1.807) is 0 Å². The SMILES string of the molecule is O=c1c(O)cc2c(-c3ccccc3)c3cc(O)c(O)c(Br)c3oc-2c1Br. The van der Waals surface area contributed by atoms with Gasteiger partial charge >= 0.3 is 0 Å². The fourth-order valence-corrected chi connectivity index (χ4v) is 3.94. The molecule has 2 aromatic carbocycles. The fraction of sp³-hybridized carbons (Fsp3) is 0. The number of hydrogen-bond donors (Lipinski definition) is 3. The molecule has 0 spiro atoms. The molecule has 0 aromatic heterocycles. The van der Waals surface area contributed by atoms with E-state index in [2.05, 4.69) is 31.9 Å². The number of fused-ring (bicyclic) bond motifs is 2. The molecular formula is C19H10Br2O5. The Morgan fingerprint density at radius 2 is 1.58 bits per heavy atom. The molecule has 7 heteroatoms. The highest BCUT2D eigenvalue weighted by Gasteiger charge is 2.25. The van der Waals surface area contributed by atoms with E-state index in [1.807, 2.05) is 30.3 Å². The average Bonchev–Trinajstić information content (AvgIpc) is 2.64. The highest BCUT2D eigenvalue weighted by Crippen LogP contribution is 2.49. The van der Waals surface area contributed by atoms with Crippen LogP contribution in [0.2, 0.25) is 0 Å². The third kappa shape index (κ3) is 2.39. The van der Waals surface area contributed by atoms with Gasteiger partial charge in [-0.3, -0.25) is 4.79 Å². The predicted molar refractivity (Wildman–Crippen MR) is 105 cm³/mol. The van der Waals surface area contributed by atoms with Gasteiger partial charge in [-0.1, -0.05) is 30.3 Å². The van der Waals surface area contributed by atoms with Gasteiger partial charge in [-0.25, -0.2) is 0 Å². The highest BCUT2D eigenvalue weighted by molar-refractivity contribution is 9.11. The smallest absolute Gasteiger partial charge is 0.238 e. The second-order valence-corrected chi connectivity index (χ2v) is 7.28. The quantitative estimate of drug-likeness (QED) is 0.258. The number of aromatic hydroxyl groups is 3. The maximum Gasteiger partial charge on any atom is 0.238 e. The van der Waals surface area contributed by atoms with E-state index < -0.39 is 11.2 Å². The Kier molecular flexibility index (Phi) is 3.93. The summed E-state index contributed by atoms with van der Waals surface area (Å²) >= 11 is 6.42. The predicted octanol–water partition coefficient (Wildman–Crippen LogP) is 5.21. The lowest BCUT2D eigenvalue weighted by Crippen LogP contribution is -2.05. The summed E-state index contributed by atoms with van der Waals surface area (Å²) in [6.45, 7) is 0. The second-order valence-electron chi connectivity index (χ2n) is 5.69. The lowest BCUT2D eigenvalue weighted by molar-refractivity contribution is 0.401. The Labute approximate surface area is 163 Å². The molecule has 5 nitrogen and oxygen atoms in total. The van der Waals surface area contributed by atoms with Crippen LogP contribution in [0.3, 0.4) is 0 Å². The van der Waals surface area contributed by atoms with Crippen molar-refractivity contribution >= 4 is 42.8 Å². The van der Waals surface area contributed by atoms with Gasteiger partial charge in [0.1, 0.15) is 8.95 Å². The summed E-state index contributed by atoms with van der Waals surface area (Å²) in [4.78, 5) is 12.1. The number of halogens is 2. The van der Waals surface area contributed by atoms with Crippen molar-refractivity contribution in [3.8, 4) is 39.7 Å². The van der Waals surface area contributed by atoms with Gasteiger partial charge in [-0.2, -0.15) is 0 Å². The van der Waals surface area contributed by atoms with Gasteiger partial charge in [0.2, 0.25) is 5.43 Å². The van der Waals surface area contributed by atoms with Gasteiger partial charge in [0.05, 0.1) is 0 Å². The standard InChI is InChI=1S/C19H10Br2O5/c20-14-16(24)11(22)6-9-13(8-4-2-1-3-5-8)10-7-12(23)17(25)15(21)19(10)26-18(9)14/h1-7,22-24H.